The first-order chi connectivity index (χ1) is 6.70. The molecule has 14 heavy (non-hydrogen) atoms. The molecular weight excluding hydrogens is 180 g/mol. The second kappa shape index (κ2) is 6.14. The van der Waals surface area contributed by atoms with E-state index in [-0.39, 0.29) is 18.3 Å². The van der Waals surface area contributed by atoms with E-state index in [9.17, 15) is 4.79 Å². The Labute approximate surface area is 85.8 Å². The summed E-state index contributed by atoms with van der Waals surface area (Å²) in [6, 6.07) is 0. The van der Waals surface area contributed by atoms with Gasteiger partial charge in [-0.15, -0.1) is 0 Å². The third-order valence-corrected chi connectivity index (χ3v) is 2.58. The maximum Gasteiger partial charge on any atom is 0.160 e. The summed E-state index contributed by atoms with van der Waals surface area (Å²) in [4.78, 5) is 11.2. The molecule has 3 nitrogen and oxygen atoms in total. The SMILES string of the molecule is CC(C)C(=O)COCC1CCOCC1. The molecule has 0 aliphatic carbocycles. The highest BCUT2D eigenvalue weighted by atomic mass is 16.5. The number of ether oxygens (including phenoxy) is 2. The van der Waals surface area contributed by atoms with Gasteiger partial charge in [0.1, 0.15) is 6.61 Å². The van der Waals surface area contributed by atoms with Crippen LogP contribution < -0.4 is 0 Å². The monoisotopic (exact) mass is 200 g/mol. The lowest BCUT2D eigenvalue weighted by Crippen LogP contribution is -2.23. The molecule has 1 rings (SSSR count). The van der Waals surface area contributed by atoms with E-state index < -0.39 is 0 Å². The summed E-state index contributed by atoms with van der Waals surface area (Å²) in [5.41, 5.74) is 0. The molecule has 0 radical (unpaired) electrons. The molecule has 1 aliphatic rings. The number of carbonyl (C=O) groups excluding carboxylic acids is 1. The van der Waals surface area contributed by atoms with Gasteiger partial charge in [-0.1, -0.05) is 13.8 Å². The number of carbonyl (C=O) groups is 1. The number of Topliss-reactive ketones (excluding diaryl/α,β-unsaturated/α-hetero) is 1. The lowest BCUT2D eigenvalue weighted by molar-refractivity contribution is -0.127. The van der Waals surface area contributed by atoms with E-state index in [1.165, 1.54) is 0 Å². The third-order valence-electron chi connectivity index (χ3n) is 2.58. The fourth-order valence-corrected chi connectivity index (χ4v) is 1.41. The molecule has 0 aromatic heterocycles. The maximum absolute atomic E-state index is 11.2. The summed E-state index contributed by atoms with van der Waals surface area (Å²) in [5.74, 6) is 0.866. The molecule has 0 amide bonds. The van der Waals surface area contributed by atoms with E-state index in [0.717, 1.165) is 26.1 Å². The van der Waals surface area contributed by atoms with Crippen molar-refractivity contribution in [3.63, 3.8) is 0 Å². The van der Waals surface area contributed by atoms with E-state index >= 15 is 0 Å². The van der Waals surface area contributed by atoms with Crippen molar-refractivity contribution in [1.29, 1.82) is 0 Å². The number of rotatable bonds is 5. The number of hydrogen-bond acceptors (Lipinski definition) is 3. The van der Waals surface area contributed by atoms with E-state index in [1.54, 1.807) is 0 Å². The van der Waals surface area contributed by atoms with Gasteiger partial charge in [-0.3, -0.25) is 4.79 Å². The van der Waals surface area contributed by atoms with Crippen molar-refractivity contribution in [1.82, 2.24) is 0 Å². The van der Waals surface area contributed by atoms with Gasteiger partial charge in [0.25, 0.3) is 0 Å². The van der Waals surface area contributed by atoms with Crippen molar-refractivity contribution >= 4 is 5.78 Å². The van der Waals surface area contributed by atoms with Crippen LogP contribution in [-0.4, -0.2) is 32.2 Å². The number of ketones is 1. The van der Waals surface area contributed by atoms with Gasteiger partial charge in [-0.2, -0.15) is 0 Å². The van der Waals surface area contributed by atoms with E-state index in [0.29, 0.717) is 12.5 Å². The van der Waals surface area contributed by atoms with Crippen LogP contribution in [0, 0.1) is 11.8 Å². The summed E-state index contributed by atoms with van der Waals surface area (Å²) < 4.78 is 10.6. The van der Waals surface area contributed by atoms with Crippen LogP contribution in [0.25, 0.3) is 0 Å². The average Bonchev–Trinajstić information content (AvgIpc) is 2.19. The summed E-state index contributed by atoms with van der Waals surface area (Å²) in [7, 11) is 0. The Morgan fingerprint density at radius 3 is 2.64 bits per heavy atom. The minimum absolute atomic E-state index is 0.0877. The van der Waals surface area contributed by atoms with E-state index in [2.05, 4.69) is 0 Å². The average molecular weight is 200 g/mol. The Kier molecular flexibility index (Phi) is 5.12. The molecule has 0 aromatic carbocycles. The Morgan fingerprint density at radius 2 is 2.07 bits per heavy atom. The van der Waals surface area contributed by atoms with Crippen molar-refractivity contribution in [2.45, 2.75) is 26.7 Å². The molecule has 0 aromatic rings. The van der Waals surface area contributed by atoms with Crippen molar-refractivity contribution in [2.24, 2.45) is 11.8 Å². The highest BCUT2D eigenvalue weighted by Crippen LogP contribution is 2.14. The fourth-order valence-electron chi connectivity index (χ4n) is 1.41. The fraction of sp³-hybridized carbons (Fsp3) is 0.909. The standard InChI is InChI=1S/C11H20O3/c1-9(2)11(12)8-14-7-10-3-5-13-6-4-10/h9-10H,3-8H2,1-2H3. The van der Waals surface area contributed by atoms with Crippen LogP contribution in [0.3, 0.4) is 0 Å². The molecule has 0 saturated carbocycles. The first-order valence-corrected chi connectivity index (χ1v) is 5.38. The van der Waals surface area contributed by atoms with Crippen molar-refractivity contribution < 1.29 is 14.3 Å². The highest BCUT2D eigenvalue weighted by Gasteiger charge is 2.14. The van der Waals surface area contributed by atoms with Gasteiger partial charge < -0.3 is 9.47 Å². The predicted octanol–water partition coefficient (Wildman–Crippen LogP) is 1.65. The first kappa shape index (κ1) is 11.7. The molecule has 1 fully saturated rings. The van der Waals surface area contributed by atoms with Crippen molar-refractivity contribution in [2.75, 3.05) is 26.4 Å². The zero-order valence-corrected chi connectivity index (χ0v) is 9.12. The summed E-state index contributed by atoms with van der Waals surface area (Å²) in [6.45, 7) is 6.47. The highest BCUT2D eigenvalue weighted by molar-refractivity contribution is 5.81. The molecule has 3 heteroatoms. The molecule has 0 N–H and O–H groups in total. The lowest BCUT2D eigenvalue weighted by atomic mass is 10.0. The van der Waals surface area contributed by atoms with Gasteiger partial charge in [-0.25, -0.2) is 0 Å². The Balaban J connectivity index is 2.05. The summed E-state index contributed by atoms with van der Waals surface area (Å²) >= 11 is 0. The molecule has 1 heterocycles. The van der Waals surface area contributed by atoms with Crippen molar-refractivity contribution in [3.05, 3.63) is 0 Å². The zero-order valence-electron chi connectivity index (χ0n) is 9.12. The van der Waals surface area contributed by atoms with Crippen LogP contribution in [-0.2, 0) is 14.3 Å². The normalized spacial score (nSPS) is 18.8. The van der Waals surface area contributed by atoms with Crippen LogP contribution in [0.2, 0.25) is 0 Å². The van der Waals surface area contributed by atoms with Crippen LogP contribution in [0.5, 0.6) is 0 Å². The molecule has 0 atom stereocenters. The lowest BCUT2D eigenvalue weighted by Gasteiger charge is -2.21. The van der Waals surface area contributed by atoms with Gasteiger partial charge in [0.15, 0.2) is 5.78 Å². The van der Waals surface area contributed by atoms with Gasteiger partial charge in [-0.05, 0) is 18.8 Å². The van der Waals surface area contributed by atoms with Gasteiger partial charge in [0.05, 0.1) is 6.61 Å². The maximum atomic E-state index is 11.2. The smallest absolute Gasteiger partial charge is 0.160 e. The van der Waals surface area contributed by atoms with Crippen LogP contribution in [0.1, 0.15) is 26.7 Å². The molecule has 0 spiro atoms. The second-order valence-corrected chi connectivity index (χ2v) is 4.19. The predicted molar refractivity (Wildman–Crippen MR) is 54.2 cm³/mol. The van der Waals surface area contributed by atoms with Crippen LogP contribution >= 0.6 is 0 Å². The van der Waals surface area contributed by atoms with Crippen LogP contribution in [0.15, 0.2) is 0 Å². The molecule has 1 saturated heterocycles. The molecular formula is C11H20O3. The van der Waals surface area contributed by atoms with E-state index in [4.69, 9.17) is 9.47 Å². The minimum Gasteiger partial charge on any atom is -0.381 e. The second-order valence-electron chi connectivity index (χ2n) is 4.19. The molecule has 0 unspecified atom stereocenters. The van der Waals surface area contributed by atoms with Gasteiger partial charge in [0.2, 0.25) is 0 Å². The quantitative estimate of drug-likeness (QED) is 0.677. The summed E-state index contributed by atoms with van der Waals surface area (Å²) in [6.07, 6.45) is 2.13. The van der Waals surface area contributed by atoms with Crippen LogP contribution in [0.4, 0.5) is 0 Å². The molecule has 0 bridgehead atoms. The first-order valence-electron chi connectivity index (χ1n) is 5.38. The van der Waals surface area contributed by atoms with E-state index in [1.807, 2.05) is 13.8 Å². The Morgan fingerprint density at radius 1 is 1.43 bits per heavy atom. The Hall–Kier alpha value is -0.410. The van der Waals surface area contributed by atoms with Crippen molar-refractivity contribution in [3.8, 4) is 0 Å². The molecule has 82 valence electrons. The minimum atomic E-state index is 0.0877. The third kappa shape index (κ3) is 4.20. The van der Waals surface area contributed by atoms with Gasteiger partial charge >= 0.3 is 0 Å². The Bertz CT molecular complexity index is 171. The number of hydrogen-bond donors (Lipinski definition) is 0. The molecule has 1 aliphatic heterocycles. The summed E-state index contributed by atoms with van der Waals surface area (Å²) in [5, 5.41) is 0. The zero-order chi connectivity index (χ0) is 10.4. The van der Waals surface area contributed by atoms with Gasteiger partial charge in [0, 0.05) is 19.1 Å². The topological polar surface area (TPSA) is 35.5 Å². The largest absolute Gasteiger partial charge is 0.381 e.